The van der Waals surface area contributed by atoms with E-state index < -0.39 is 0 Å². The second kappa shape index (κ2) is 7.90. The molecule has 1 heterocycles. The molecule has 0 amide bonds. The molecular formula is C23H25FN2O2. The average molecular weight is 380 g/mol. The van der Waals surface area contributed by atoms with Crippen LogP contribution in [0, 0.1) is 12.7 Å². The molecule has 2 N–H and O–H groups in total. The third-order valence-corrected chi connectivity index (χ3v) is 5.03. The highest BCUT2D eigenvalue weighted by Gasteiger charge is 2.27. The summed E-state index contributed by atoms with van der Waals surface area (Å²) in [5.41, 5.74) is 5.33. The second-order valence-corrected chi connectivity index (χ2v) is 7.00. The number of phenolic OH excluding ortho intramolecular Hbond substituents is 1. The van der Waals surface area contributed by atoms with Gasteiger partial charge in [0.05, 0.1) is 12.3 Å². The SMILES string of the molecule is C=C1C(C(=C)N(C)CCO)=CN(Cc2ccc(O)cc2)c2c(F)ccc(C)c21. The first-order valence-corrected chi connectivity index (χ1v) is 9.10. The third kappa shape index (κ3) is 3.66. The number of phenols is 1. The molecule has 1 aliphatic rings. The van der Waals surface area contributed by atoms with Crippen LogP contribution in [0.15, 0.2) is 67.0 Å². The van der Waals surface area contributed by atoms with Crippen LogP contribution in [0.4, 0.5) is 10.1 Å². The number of benzene rings is 2. The third-order valence-electron chi connectivity index (χ3n) is 5.03. The number of aryl methyl sites for hydroxylation is 1. The Balaban J connectivity index is 2.09. The maximum atomic E-state index is 14.8. The fourth-order valence-electron chi connectivity index (χ4n) is 3.42. The Labute approximate surface area is 165 Å². The Morgan fingerprint density at radius 1 is 1.18 bits per heavy atom. The zero-order valence-electron chi connectivity index (χ0n) is 16.2. The van der Waals surface area contributed by atoms with Crippen LogP contribution in [0.3, 0.4) is 0 Å². The van der Waals surface area contributed by atoms with Gasteiger partial charge in [-0.25, -0.2) is 4.39 Å². The van der Waals surface area contributed by atoms with Crippen molar-refractivity contribution in [2.45, 2.75) is 13.5 Å². The first-order valence-electron chi connectivity index (χ1n) is 9.10. The number of rotatable bonds is 6. The van der Waals surface area contributed by atoms with Gasteiger partial charge in [-0.15, -0.1) is 0 Å². The Morgan fingerprint density at radius 3 is 2.50 bits per heavy atom. The summed E-state index contributed by atoms with van der Waals surface area (Å²) >= 11 is 0. The van der Waals surface area contributed by atoms with E-state index in [0.29, 0.717) is 30.0 Å². The lowest BCUT2D eigenvalue weighted by Crippen LogP contribution is -2.28. The summed E-state index contributed by atoms with van der Waals surface area (Å²) in [6.07, 6.45) is 1.86. The zero-order chi connectivity index (χ0) is 20.4. The number of nitrogens with zero attached hydrogens (tertiary/aromatic N) is 2. The molecule has 0 bridgehead atoms. The van der Waals surface area contributed by atoms with Crippen molar-refractivity contribution < 1.29 is 14.6 Å². The number of fused-ring (bicyclic) bond motifs is 1. The summed E-state index contributed by atoms with van der Waals surface area (Å²) in [7, 11) is 1.85. The average Bonchev–Trinajstić information content (AvgIpc) is 2.67. The summed E-state index contributed by atoms with van der Waals surface area (Å²) in [5, 5.41) is 18.8. The van der Waals surface area contributed by atoms with Gasteiger partial charge in [-0.3, -0.25) is 0 Å². The van der Waals surface area contributed by atoms with Gasteiger partial charge < -0.3 is 20.0 Å². The number of hydrogen-bond donors (Lipinski definition) is 2. The normalized spacial score (nSPS) is 13.2. The molecule has 0 saturated carbocycles. The van der Waals surface area contributed by atoms with E-state index in [0.717, 1.165) is 22.3 Å². The molecule has 0 spiro atoms. The first kappa shape index (κ1) is 19.7. The van der Waals surface area contributed by atoms with Crippen LogP contribution in [0.5, 0.6) is 5.75 Å². The summed E-state index contributed by atoms with van der Waals surface area (Å²) < 4.78 is 14.8. The van der Waals surface area contributed by atoms with Crippen molar-refractivity contribution in [2.24, 2.45) is 0 Å². The number of aliphatic hydroxyl groups is 1. The van der Waals surface area contributed by atoms with Gasteiger partial charge in [-0.1, -0.05) is 31.4 Å². The smallest absolute Gasteiger partial charge is 0.147 e. The molecule has 1 aliphatic heterocycles. The molecular weight excluding hydrogens is 355 g/mol. The summed E-state index contributed by atoms with van der Waals surface area (Å²) in [5.74, 6) is -0.126. The van der Waals surface area contributed by atoms with Gasteiger partial charge in [0, 0.05) is 43.2 Å². The van der Waals surface area contributed by atoms with Crippen LogP contribution in [0.25, 0.3) is 5.57 Å². The number of likely N-dealkylation sites (N-methyl/N-ethyl adjacent to an activating group) is 1. The van der Waals surface area contributed by atoms with E-state index in [-0.39, 0.29) is 18.2 Å². The molecule has 0 fully saturated rings. The van der Waals surface area contributed by atoms with E-state index in [2.05, 4.69) is 13.2 Å². The Morgan fingerprint density at radius 2 is 1.86 bits per heavy atom. The fourth-order valence-corrected chi connectivity index (χ4v) is 3.42. The summed E-state index contributed by atoms with van der Waals surface area (Å²) in [6, 6.07) is 10.1. The Bertz CT molecular complexity index is 948. The van der Waals surface area contributed by atoms with Gasteiger partial charge in [0.2, 0.25) is 0 Å². The van der Waals surface area contributed by atoms with Crippen LogP contribution in [-0.2, 0) is 6.54 Å². The van der Waals surface area contributed by atoms with E-state index in [1.165, 1.54) is 6.07 Å². The molecule has 0 aromatic heterocycles. The molecule has 4 nitrogen and oxygen atoms in total. The molecule has 2 aromatic carbocycles. The first-order chi connectivity index (χ1) is 13.3. The van der Waals surface area contributed by atoms with Crippen molar-refractivity contribution in [3.8, 4) is 5.75 Å². The van der Waals surface area contributed by atoms with Gasteiger partial charge in [0.1, 0.15) is 11.6 Å². The van der Waals surface area contributed by atoms with E-state index in [9.17, 15) is 14.6 Å². The molecule has 0 unspecified atom stereocenters. The van der Waals surface area contributed by atoms with E-state index in [1.54, 1.807) is 18.2 Å². The van der Waals surface area contributed by atoms with Crippen molar-refractivity contribution in [1.29, 1.82) is 0 Å². The lowest BCUT2D eigenvalue weighted by Gasteiger charge is -2.34. The van der Waals surface area contributed by atoms with Crippen molar-refractivity contribution in [3.05, 3.63) is 89.5 Å². The summed E-state index contributed by atoms with van der Waals surface area (Å²) in [6.45, 7) is 11.2. The minimum Gasteiger partial charge on any atom is -0.508 e. The molecule has 3 rings (SSSR count). The van der Waals surface area contributed by atoms with Crippen LogP contribution in [-0.4, -0.2) is 35.3 Å². The highest BCUT2D eigenvalue weighted by atomic mass is 19.1. The maximum Gasteiger partial charge on any atom is 0.147 e. The topological polar surface area (TPSA) is 46.9 Å². The predicted octanol–water partition coefficient (Wildman–Crippen LogP) is 4.19. The molecule has 0 radical (unpaired) electrons. The van der Waals surface area contributed by atoms with Crippen LogP contribution in [0.1, 0.15) is 16.7 Å². The van der Waals surface area contributed by atoms with E-state index in [4.69, 9.17) is 0 Å². The number of anilines is 1. The quantitative estimate of drug-likeness (QED) is 0.789. The zero-order valence-corrected chi connectivity index (χ0v) is 16.2. The molecule has 146 valence electrons. The number of hydrogen-bond acceptors (Lipinski definition) is 4. The second-order valence-electron chi connectivity index (χ2n) is 7.00. The van der Waals surface area contributed by atoms with Crippen molar-refractivity contribution in [2.75, 3.05) is 25.1 Å². The van der Waals surface area contributed by atoms with Gasteiger partial charge in [0.25, 0.3) is 0 Å². The molecule has 0 saturated heterocycles. The highest BCUT2D eigenvalue weighted by molar-refractivity contribution is 5.93. The number of aliphatic hydroxyl groups excluding tert-OH is 1. The lowest BCUT2D eigenvalue weighted by atomic mass is 9.89. The maximum absolute atomic E-state index is 14.8. The molecule has 2 aromatic rings. The largest absolute Gasteiger partial charge is 0.508 e. The fraction of sp³-hybridized carbons (Fsp3) is 0.217. The molecule has 5 heteroatoms. The van der Waals surface area contributed by atoms with Crippen molar-refractivity contribution in [1.82, 2.24) is 4.90 Å². The molecule has 0 atom stereocenters. The predicted molar refractivity (Wildman–Crippen MR) is 111 cm³/mol. The number of aromatic hydroxyl groups is 1. The Kier molecular flexibility index (Phi) is 5.56. The molecule has 0 aliphatic carbocycles. The van der Waals surface area contributed by atoms with Gasteiger partial charge >= 0.3 is 0 Å². The minimum absolute atomic E-state index is 0.0107. The van der Waals surface area contributed by atoms with Gasteiger partial charge in [-0.2, -0.15) is 0 Å². The minimum atomic E-state index is -0.315. The Hall–Kier alpha value is -3.05. The van der Waals surface area contributed by atoms with E-state index >= 15 is 0 Å². The van der Waals surface area contributed by atoms with Crippen molar-refractivity contribution >= 4 is 11.3 Å². The number of allylic oxidation sites excluding steroid dienone is 1. The van der Waals surface area contributed by atoms with E-state index in [1.807, 2.05) is 42.1 Å². The van der Waals surface area contributed by atoms with Crippen LogP contribution < -0.4 is 4.90 Å². The standard InChI is InChI=1S/C23H25FN2O2/c1-15-5-10-21(24)23-22(15)16(2)20(17(3)25(4)11-12-27)14-26(23)13-18-6-8-19(28)9-7-18/h5-10,14,27-28H,2-3,11-13H2,1,4H3. The highest BCUT2D eigenvalue weighted by Crippen LogP contribution is 2.43. The summed E-state index contributed by atoms with van der Waals surface area (Å²) in [4.78, 5) is 3.71. The molecule has 28 heavy (non-hydrogen) atoms. The van der Waals surface area contributed by atoms with Crippen LogP contribution >= 0.6 is 0 Å². The van der Waals surface area contributed by atoms with Crippen molar-refractivity contribution in [3.63, 3.8) is 0 Å². The lowest BCUT2D eigenvalue weighted by molar-refractivity contribution is 0.248. The number of halogens is 1. The monoisotopic (exact) mass is 380 g/mol. The van der Waals surface area contributed by atoms with Crippen LogP contribution in [0.2, 0.25) is 0 Å². The van der Waals surface area contributed by atoms with Gasteiger partial charge in [-0.05, 0) is 41.8 Å². The van der Waals surface area contributed by atoms with Gasteiger partial charge in [0.15, 0.2) is 0 Å².